The number of aryl methyl sites for hydroxylation is 1. The van der Waals surface area contributed by atoms with Crippen molar-refractivity contribution in [2.24, 2.45) is 0 Å². The Bertz CT molecular complexity index is 494. The first kappa shape index (κ1) is 12.2. The molecule has 0 radical (unpaired) electrons. The Morgan fingerprint density at radius 3 is 2.59 bits per heavy atom. The molecule has 2 aromatic heterocycles. The van der Waals surface area contributed by atoms with Gasteiger partial charge in [0.15, 0.2) is 5.16 Å². The molecule has 2 rings (SSSR count). The first-order valence-electron chi connectivity index (χ1n) is 4.84. The first-order valence-corrected chi connectivity index (χ1v) is 6.62. The SMILES string of the molecule is Nc1cc(N)nc(SCCn2cc(Br)cn2)n1. The molecule has 0 unspecified atom stereocenters. The van der Waals surface area contributed by atoms with E-state index in [1.54, 1.807) is 6.20 Å². The molecule has 0 atom stereocenters. The largest absolute Gasteiger partial charge is 0.383 e. The van der Waals surface area contributed by atoms with Crippen molar-refractivity contribution in [1.29, 1.82) is 0 Å². The molecule has 0 aromatic carbocycles. The van der Waals surface area contributed by atoms with E-state index in [0.29, 0.717) is 16.8 Å². The van der Waals surface area contributed by atoms with Crippen LogP contribution in [-0.4, -0.2) is 25.5 Å². The number of rotatable bonds is 4. The van der Waals surface area contributed by atoms with Gasteiger partial charge in [0.05, 0.1) is 17.2 Å². The topological polar surface area (TPSA) is 95.6 Å². The van der Waals surface area contributed by atoms with E-state index in [0.717, 1.165) is 16.8 Å². The van der Waals surface area contributed by atoms with Crippen molar-refractivity contribution in [3.63, 3.8) is 0 Å². The summed E-state index contributed by atoms with van der Waals surface area (Å²) in [5.41, 5.74) is 11.2. The van der Waals surface area contributed by atoms with Gasteiger partial charge in [0.1, 0.15) is 11.6 Å². The highest BCUT2D eigenvalue weighted by atomic mass is 79.9. The summed E-state index contributed by atoms with van der Waals surface area (Å²) in [4.78, 5) is 8.16. The van der Waals surface area contributed by atoms with Crippen LogP contribution in [0, 0.1) is 0 Å². The average Bonchev–Trinajstić information content (AvgIpc) is 2.63. The number of anilines is 2. The first-order chi connectivity index (χ1) is 8.13. The summed E-state index contributed by atoms with van der Waals surface area (Å²) in [5.74, 6) is 1.58. The zero-order valence-electron chi connectivity index (χ0n) is 8.88. The number of hydrogen-bond acceptors (Lipinski definition) is 6. The monoisotopic (exact) mass is 314 g/mol. The van der Waals surface area contributed by atoms with E-state index in [1.807, 2.05) is 10.9 Å². The lowest BCUT2D eigenvalue weighted by atomic mass is 10.5. The number of nitrogens with two attached hydrogens (primary N) is 2. The van der Waals surface area contributed by atoms with E-state index in [4.69, 9.17) is 11.5 Å². The molecule has 0 aliphatic heterocycles. The van der Waals surface area contributed by atoms with E-state index in [-0.39, 0.29) is 0 Å². The number of halogens is 1. The molecule has 6 nitrogen and oxygen atoms in total. The maximum Gasteiger partial charge on any atom is 0.191 e. The number of nitrogens with zero attached hydrogens (tertiary/aromatic N) is 4. The van der Waals surface area contributed by atoms with Crippen LogP contribution in [0.15, 0.2) is 28.1 Å². The molecule has 0 saturated carbocycles. The van der Waals surface area contributed by atoms with Crippen molar-refractivity contribution >= 4 is 39.3 Å². The lowest BCUT2D eigenvalue weighted by molar-refractivity contribution is 0.665. The van der Waals surface area contributed by atoms with Crippen LogP contribution >= 0.6 is 27.7 Å². The highest BCUT2D eigenvalue weighted by molar-refractivity contribution is 9.10. The van der Waals surface area contributed by atoms with Crippen molar-refractivity contribution in [2.75, 3.05) is 17.2 Å². The van der Waals surface area contributed by atoms with Crippen molar-refractivity contribution in [3.05, 3.63) is 22.9 Å². The fourth-order valence-electron chi connectivity index (χ4n) is 1.22. The van der Waals surface area contributed by atoms with Crippen LogP contribution in [0.3, 0.4) is 0 Å². The second-order valence-corrected chi connectivity index (χ2v) is 5.25. The minimum atomic E-state index is 0.391. The second kappa shape index (κ2) is 5.37. The van der Waals surface area contributed by atoms with Crippen molar-refractivity contribution in [2.45, 2.75) is 11.7 Å². The maximum absolute atomic E-state index is 5.58. The molecule has 4 N–H and O–H groups in total. The summed E-state index contributed by atoms with van der Waals surface area (Å²) < 4.78 is 2.80. The van der Waals surface area contributed by atoms with Gasteiger partial charge in [-0.3, -0.25) is 4.68 Å². The summed E-state index contributed by atoms with van der Waals surface area (Å²) >= 11 is 4.83. The number of nitrogen functional groups attached to an aromatic ring is 2. The number of hydrogen-bond donors (Lipinski definition) is 2. The smallest absolute Gasteiger partial charge is 0.191 e. The fraction of sp³-hybridized carbons (Fsp3) is 0.222. The summed E-state index contributed by atoms with van der Waals surface area (Å²) in [6.07, 6.45) is 3.66. The molecule has 0 spiro atoms. The third-order valence-electron chi connectivity index (χ3n) is 1.90. The standard InChI is InChI=1S/C9H11BrN6S/c10-6-4-13-16(5-6)1-2-17-9-14-7(11)3-8(12)15-9/h3-5H,1-2H2,(H4,11,12,14,15). The van der Waals surface area contributed by atoms with Crippen LogP contribution in [0.4, 0.5) is 11.6 Å². The lowest BCUT2D eigenvalue weighted by Crippen LogP contribution is -2.03. The molecule has 0 amide bonds. The fourth-order valence-corrected chi connectivity index (χ4v) is 2.35. The van der Waals surface area contributed by atoms with Crippen LogP contribution < -0.4 is 11.5 Å². The van der Waals surface area contributed by atoms with Gasteiger partial charge >= 0.3 is 0 Å². The molecule has 2 heterocycles. The minimum absolute atomic E-state index is 0.391. The van der Waals surface area contributed by atoms with Gasteiger partial charge < -0.3 is 11.5 Å². The molecular formula is C9H11BrN6S. The Hall–Kier alpha value is -1.28. The Labute approximate surface area is 111 Å². The van der Waals surface area contributed by atoms with Gasteiger partial charge in [0.2, 0.25) is 0 Å². The predicted molar refractivity (Wildman–Crippen MR) is 71.5 cm³/mol. The maximum atomic E-state index is 5.58. The van der Waals surface area contributed by atoms with Crippen molar-refractivity contribution in [1.82, 2.24) is 19.7 Å². The molecule has 90 valence electrons. The van der Waals surface area contributed by atoms with E-state index in [2.05, 4.69) is 31.0 Å². The zero-order valence-corrected chi connectivity index (χ0v) is 11.3. The number of aromatic nitrogens is 4. The third-order valence-corrected chi connectivity index (χ3v) is 3.14. The van der Waals surface area contributed by atoms with E-state index < -0.39 is 0 Å². The molecule has 2 aromatic rings. The highest BCUT2D eigenvalue weighted by Crippen LogP contribution is 2.16. The van der Waals surface area contributed by atoms with Gasteiger partial charge in [-0.25, -0.2) is 9.97 Å². The van der Waals surface area contributed by atoms with Gasteiger partial charge in [0.25, 0.3) is 0 Å². The minimum Gasteiger partial charge on any atom is -0.383 e. The Balaban J connectivity index is 1.89. The predicted octanol–water partition coefficient (Wildman–Crippen LogP) is 1.39. The van der Waals surface area contributed by atoms with Crippen LogP contribution in [0.1, 0.15) is 0 Å². The Morgan fingerprint density at radius 2 is 2.00 bits per heavy atom. The van der Waals surface area contributed by atoms with Crippen LogP contribution in [0.5, 0.6) is 0 Å². The quantitative estimate of drug-likeness (QED) is 0.654. The molecule has 0 aliphatic rings. The van der Waals surface area contributed by atoms with Crippen molar-refractivity contribution < 1.29 is 0 Å². The zero-order chi connectivity index (χ0) is 12.3. The Morgan fingerprint density at radius 1 is 1.29 bits per heavy atom. The van der Waals surface area contributed by atoms with Crippen LogP contribution in [0.25, 0.3) is 0 Å². The summed E-state index contributed by atoms with van der Waals surface area (Å²) in [6.45, 7) is 0.772. The molecule has 17 heavy (non-hydrogen) atoms. The molecule has 0 bridgehead atoms. The average molecular weight is 315 g/mol. The molecule has 0 fully saturated rings. The molecule has 0 aliphatic carbocycles. The molecular weight excluding hydrogens is 304 g/mol. The van der Waals surface area contributed by atoms with Gasteiger partial charge in [-0.1, -0.05) is 11.8 Å². The third kappa shape index (κ3) is 3.60. The normalized spacial score (nSPS) is 10.6. The Kier molecular flexibility index (Phi) is 3.85. The summed E-state index contributed by atoms with van der Waals surface area (Å²) in [5, 5.41) is 4.74. The highest BCUT2D eigenvalue weighted by Gasteiger charge is 2.02. The van der Waals surface area contributed by atoms with E-state index in [9.17, 15) is 0 Å². The van der Waals surface area contributed by atoms with Gasteiger partial charge in [-0.05, 0) is 15.9 Å². The van der Waals surface area contributed by atoms with Crippen LogP contribution in [-0.2, 0) is 6.54 Å². The van der Waals surface area contributed by atoms with E-state index in [1.165, 1.54) is 17.8 Å². The lowest BCUT2D eigenvalue weighted by Gasteiger charge is -2.02. The second-order valence-electron chi connectivity index (χ2n) is 3.27. The van der Waals surface area contributed by atoms with Gasteiger partial charge in [0, 0.05) is 18.0 Å². The van der Waals surface area contributed by atoms with Crippen LogP contribution in [0.2, 0.25) is 0 Å². The molecule has 8 heteroatoms. The molecule has 0 saturated heterocycles. The van der Waals surface area contributed by atoms with Crippen molar-refractivity contribution in [3.8, 4) is 0 Å². The van der Waals surface area contributed by atoms with Gasteiger partial charge in [-0.15, -0.1) is 0 Å². The van der Waals surface area contributed by atoms with Gasteiger partial charge in [-0.2, -0.15) is 5.10 Å². The number of thioether (sulfide) groups is 1. The summed E-state index contributed by atoms with van der Waals surface area (Å²) in [6, 6.07) is 1.54. The summed E-state index contributed by atoms with van der Waals surface area (Å²) in [7, 11) is 0. The van der Waals surface area contributed by atoms with E-state index >= 15 is 0 Å².